The summed E-state index contributed by atoms with van der Waals surface area (Å²) in [6.07, 6.45) is 2.10. The highest BCUT2D eigenvalue weighted by Gasteiger charge is 1.97. The molecule has 0 aliphatic carbocycles. The second-order valence-corrected chi connectivity index (χ2v) is 4.87. The minimum Gasteiger partial charge on any atom is -0.325 e. The Morgan fingerprint density at radius 2 is 1.29 bits per heavy atom. The van der Waals surface area contributed by atoms with Crippen LogP contribution < -0.4 is 0 Å². The third-order valence-corrected chi connectivity index (χ3v) is 3.33. The third-order valence-electron chi connectivity index (χ3n) is 2.85. The molecule has 0 fully saturated rings. The molecule has 0 unspecified atom stereocenters. The lowest BCUT2D eigenvalue weighted by atomic mass is 10.0. The summed E-state index contributed by atoms with van der Waals surface area (Å²) in [5, 5.41) is 0. The Bertz CT molecular complexity index is 459. The molecule has 0 bridgehead atoms. The maximum atomic E-state index is 8.88. The van der Waals surface area contributed by atoms with Crippen LogP contribution in [0.4, 0.5) is 0 Å². The third kappa shape index (κ3) is 3.62. The first-order valence-corrected chi connectivity index (χ1v) is 6.51. The summed E-state index contributed by atoms with van der Waals surface area (Å²) in [6.45, 7) is 2.11. The lowest BCUT2D eigenvalue weighted by Crippen LogP contribution is -1.91. The molecule has 0 amide bonds. The molecule has 0 aromatic heterocycles. The van der Waals surface area contributed by atoms with Gasteiger partial charge in [-0.15, -0.1) is 0 Å². The van der Waals surface area contributed by atoms with E-state index in [-0.39, 0.29) is 0 Å². The second-order valence-electron chi connectivity index (χ2n) is 4.22. The van der Waals surface area contributed by atoms with Gasteiger partial charge in [-0.25, -0.2) is 0 Å². The molecule has 2 aromatic rings. The molecular formula is C15H16OS. The maximum Gasteiger partial charge on any atom is 0.0351 e. The fraction of sp³-hybridized carbons (Fsp3) is 0.200. The van der Waals surface area contributed by atoms with Gasteiger partial charge in [0.25, 0.3) is 0 Å². The molecule has 0 radical (unpaired) electrons. The van der Waals surface area contributed by atoms with E-state index in [0.29, 0.717) is 0 Å². The Morgan fingerprint density at radius 3 is 1.76 bits per heavy atom. The summed E-state index contributed by atoms with van der Waals surface area (Å²) in [5.74, 6) is 0. The molecule has 1 N–H and O–H groups in total. The van der Waals surface area contributed by atoms with E-state index in [9.17, 15) is 0 Å². The van der Waals surface area contributed by atoms with E-state index in [1.165, 1.54) is 16.7 Å². The number of rotatable bonds is 4. The first-order chi connectivity index (χ1) is 8.28. The van der Waals surface area contributed by atoms with Gasteiger partial charge in [-0.1, -0.05) is 42.0 Å². The van der Waals surface area contributed by atoms with Gasteiger partial charge >= 0.3 is 0 Å². The molecule has 0 saturated heterocycles. The van der Waals surface area contributed by atoms with Crippen molar-refractivity contribution in [3.8, 4) is 0 Å². The van der Waals surface area contributed by atoms with Gasteiger partial charge < -0.3 is 4.55 Å². The molecule has 2 heteroatoms. The monoisotopic (exact) mass is 244 g/mol. The lowest BCUT2D eigenvalue weighted by molar-refractivity contribution is 0.664. The number of hydrogen-bond acceptors (Lipinski definition) is 2. The highest BCUT2D eigenvalue weighted by molar-refractivity contribution is 7.93. The van der Waals surface area contributed by atoms with Crippen molar-refractivity contribution >= 4 is 12.0 Å². The first-order valence-electron chi connectivity index (χ1n) is 5.74. The zero-order valence-electron chi connectivity index (χ0n) is 9.89. The van der Waals surface area contributed by atoms with Crippen LogP contribution in [-0.2, 0) is 12.8 Å². The van der Waals surface area contributed by atoms with E-state index in [1.807, 2.05) is 12.1 Å². The normalized spacial score (nSPS) is 10.5. The van der Waals surface area contributed by atoms with E-state index in [0.717, 1.165) is 29.8 Å². The summed E-state index contributed by atoms with van der Waals surface area (Å²) in [7, 11) is 0. The molecular weight excluding hydrogens is 228 g/mol. The van der Waals surface area contributed by atoms with E-state index in [1.54, 1.807) is 0 Å². The van der Waals surface area contributed by atoms with Crippen molar-refractivity contribution in [1.29, 1.82) is 0 Å². The van der Waals surface area contributed by atoms with Crippen LogP contribution in [-0.4, -0.2) is 4.55 Å². The maximum absolute atomic E-state index is 8.88. The van der Waals surface area contributed by atoms with Gasteiger partial charge in [0, 0.05) is 16.9 Å². The molecule has 0 aliphatic rings. The van der Waals surface area contributed by atoms with Crippen LogP contribution in [0.3, 0.4) is 0 Å². The van der Waals surface area contributed by atoms with Gasteiger partial charge in [0.2, 0.25) is 0 Å². The summed E-state index contributed by atoms with van der Waals surface area (Å²) < 4.78 is 8.88. The van der Waals surface area contributed by atoms with E-state index >= 15 is 0 Å². The van der Waals surface area contributed by atoms with E-state index in [2.05, 4.69) is 43.3 Å². The fourth-order valence-corrected chi connectivity index (χ4v) is 2.02. The Kier molecular flexibility index (Phi) is 4.24. The molecule has 1 nitrogen and oxygen atoms in total. The molecule has 0 saturated carbocycles. The summed E-state index contributed by atoms with van der Waals surface area (Å²) >= 11 is 0.794. The molecule has 0 aliphatic heterocycles. The molecule has 17 heavy (non-hydrogen) atoms. The molecule has 88 valence electrons. The smallest absolute Gasteiger partial charge is 0.0351 e. The second kappa shape index (κ2) is 5.89. The Balaban J connectivity index is 1.95. The van der Waals surface area contributed by atoms with Crippen molar-refractivity contribution in [2.45, 2.75) is 24.7 Å². The number of benzene rings is 2. The minimum absolute atomic E-state index is 0.794. The van der Waals surface area contributed by atoms with Gasteiger partial charge in [-0.05, 0) is 43.0 Å². The van der Waals surface area contributed by atoms with Gasteiger partial charge in [-0.2, -0.15) is 0 Å². The average molecular weight is 244 g/mol. The van der Waals surface area contributed by atoms with Crippen LogP contribution in [0, 0.1) is 6.92 Å². The van der Waals surface area contributed by atoms with Crippen molar-refractivity contribution in [3.63, 3.8) is 0 Å². The van der Waals surface area contributed by atoms with Crippen LogP contribution in [0.25, 0.3) is 0 Å². The quantitative estimate of drug-likeness (QED) is 0.807. The topological polar surface area (TPSA) is 20.2 Å². The molecule has 0 heterocycles. The first kappa shape index (κ1) is 12.2. The van der Waals surface area contributed by atoms with Crippen LogP contribution in [0.15, 0.2) is 53.4 Å². The van der Waals surface area contributed by atoms with Crippen molar-refractivity contribution < 1.29 is 4.55 Å². The molecule has 2 aromatic carbocycles. The molecule has 0 atom stereocenters. The standard InChI is InChI=1S/C15H16OS/c1-12-2-4-13(5-3-12)6-7-14-8-10-15(17-16)11-9-14/h2-5,8-11,16H,6-7H2,1H3. The van der Waals surface area contributed by atoms with E-state index in [4.69, 9.17) is 4.55 Å². The average Bonchev–Trinajstić information content (AvgIpc) is 2.39. The predicted molar refractivity (Wildman–Crippen MR) is 73.5 cm³/mol. The van der Waals surface area contributed by atoms with E-state index < -0.39 is 0 Å². The molecule has 0 spiro atoms. The fourth-order valence-electron chi connectivity index (χ4n) is 1.76. The highest BCUT2D eigenvalue weighted by Crippen LogP contribution is 2.15. The highest BCUT2D eigenvalue weighted by atomic mass is 32.2. The van der Waals surface area contributed by atoms with Crippen LogP contribution in [0.1, 0.15) is 16.7 Å². The van der Waals surface area contributed by atoms with Gasteiger partial charge in [0.1, 0.15) is 0 Å². The van der Waals surface area contributed by atoms with Gasteiger partial charge in [-0.3, -0.25) is 0 Å². The summed E-state index contributed by atoms with van der Waals surface area (Å²) in [5.41, 5.74) is 3.98. The summed E-state index contributed by atoms with van der Waals surface area (Å²) in [6, 6.07) is 16.7. The minimum atomic E-state index is 0.794. The van der Waals surface area contributed by atoms with Crippen molar-refractivity contribution in [2.24, 2.45) is 0 Å². The number of aryl methyl sites for hydroxylation is 3. The van der Waals surface area contributed by atoms with Crippen molar-refractivity contribution in [2.75, 3.05) is 0 Å². The Morgan fingerprint density at radius 1 is 0.824 bits per heavy atom. The largest absolute Gasteiger partial charge is 0.325 e. The SMILES string of the molecule is Cc1ccc(CCc2ccc(SO)cc2)cc1. The number of hydrogen-bond donors (Lipinski definition) is 1. The lowest BCUT2D eigenvalue weighted by Gasteiger charge is -2.03. The van der Waals surface area contributed by atoms with Crippen LogP contribution >= 0.6 is 12.0 Å². The van der Waals surface area contributed by atoms with Gasteiger partial charge in [0.05, 0.1) is 0 Å². The summed E-state index contributed by atoms with van der Waals surface area (Å²) in [4.78, 5) is 0.893. The van der Waals surface area contributed by atoms with Crippen LogP contribution in [0.5, 0.6) is 0 Å². The molecule has 2 rings (SSSR count). The van der Waals surface area contributed by atoms with Crippen LogP contribution in [0.2, 0.25) is 0 Å². The van der Waals surface area contributed by atoms with Gasteiger partial charge in [0.15, 0.2) is 0 Å². The Hall–Kier alpha value is -1.25. The zero-order chi connectivity index (χ0) is 12.1. The predicted octanol–water partition coefficient (Wildman–Crippen LogP) is 4.35. The zero-order valence-corrected chi connectivity index (χ0v) is 10.7. The van der Waals surface area contributed by atoms with Crippen molar-refractivity contribution in [1.82, 2.24) is 0 Å². The van der Waals surface area contributed by atoms with Crippen molar-refractivity contribution in [3.05, 3.63) is 65.2 Å². The Labute approximate surface area is 107 Å².